The Bertz CT molecular complexity index is 1210. The van der Waals surface area contributed by atoms with Crippen molar-refractivity contribution >= 4 is 10.9 Å². The SMILES string of the molecule is CC(C)(C)N1C[C@@H](COc2ccc(CCCCCCCCCCO)c3[nH]c(C#N)cc23)OC1c1ccccc1. The van der Waals surface area contributed by atoms with Crippen molar-refractivity contribution < 1.29 is 14.6 Å². The van der Waals surface area contributed by atoms with E-state index in [0.29, 0.717) is 18.9 Å². The van der Waals surface area contributed by atoms with Crippen LogP contribution in [0.4, 0.5) is 0 Å². The van der Waals surface area contributed by atoms with Crippen LogP contribution in [0.3, 0.4) is 0 Å². The molecule has 210 valence electrons. The summed E-state index contributed by atoms with van der Waals surface area (Å²) in [5, 5.41) is 19.4. The zero-order valence-corrected chi connectivity index (χ0v) is 23.9. The molecule has 1 aromatic heterocycles. The number of fused-ring (bicyclic) bond motifs is 1. The van der Waals surface area contributed by atoms with Gasteiger partial charge >= 0.3 is 0 Å². The number of hydrogen-bond donors (Lipinski definition) is 2. The van der Waals surface area contributed by atoms with Crippen LogP contribution in [0, 0.1) is 11.3 Å². The number of ether oxygens (including phenoxy) is 2. The Morgan fingerprint density at radius 3 is 2.36 bits per heavy atom. The fourth-order valence-electron chi connectivity index (χ4n) is 5.52. The summed E-state index contributed by atoms with van der Waals surface area (Å²) < 4.78 is 12.9. The third kappa shape index (κ3) is 7.85. The third-order valence-corrected chi connectivity index (χ3v) is 7.69. The van der Waals surface area contributed by atoms with E-state index in [9.17, 15) is 5.26 Å². The van der Waals surface area contributed by atoms with E-state index in [1.807, 2.05) is 12.1 Å². The minimum atomic E-state index is -0.0971. The molecule has 1 unspecified atom stereocenters. The van der Waals surface area contributed by atoms with Crippen molar-refractivity contribution in [3.05, 3.63) is 65.4 Å². The smallest absolute Gasteiger partial charge is 0.137 e. The lowest BCUT2D eigenvalue weighted by Gasteiger charge is -2.35. The van der Waals surface area contributed by atoms with Gasteiger partial charge in [0.25, 0.3) is 0 Å². The Morgan fingerprint density at radius 2 is 1.69 bits per heavy atom. The van der Waals surface area contributed by atoms with Gasteiger partial charge in [-0.1, -0.05) is 74.9 Å². The number of aliphatic hydroxyl groups excluding tert-OH is 1. The van der Waals surface area contributed by atoms with Gasteiger partial charge in [-0.05, 0) is 63.3 Å². The molecule has 2 N–H and O–H groups in total. The molecule has 2 atom stereocenters. The van der Waals surface area contributed by atoms with Gasteiger partial charge in [-0.25, -0.2) is 0 Å². The quantitative estimate of drug-likeness (QED) is 0.214. The number of nitrogens with one attached hydrogen (secondary N) is 1. The van der Waals surface area contributed by atoms with E-state index in [0.717, 1.165) is 54.4 Å². The number of nitrogens with zero attached hydrogens (tertiary/aromatic N) is 2. The molecule has 1 aliphatic heterocycles. The number of aromatic amines is 1. The summed E-state index contributed by atoms with van der Waals surface area (Å²) in [6.07, 6.45) is 10.2. The molecule has 6 nitrogen and oxygen atoms in total. The van der Waals surface area contributed by atoms with Crippen LogP contribution in [0.5, 0.6) is 5.75 Å². The second-order valence-electron chi connectivity index (χ2n) is 11.8. The highest BCUT2D eigenvalue weighted by molar-refractivity contribution is 5.90. The number of rotatable bonds is 14. The average molecular weight is 532 g/mol. The van der Waals surface area contributed by atoms with Crippen LogP contribution in [0.2, 0.25) is 0 Å². The minimum absolute atomic E-state index is 0.0353. The summed E-state index contributed by atoms with van der Waals surface area (Å²) in [7, 11) is 0. The number of unbranched alkanes of at least 4 members (excludes halogenated alkanes) is 7. The van der Waals surface area contributed by atoms with Crippen LogP contribution >= 0.6 is 0 Å². The number of nitriles is 1. The molecule has 2 heterocycles. The predicted octanol–water partition coefficient (Wildman–Crippen LogP) is 7.27. The van der Waals surface area contributed by atoms with E-state index in [4.69, 9.17) is 14.6 Å². The normalized spacial score (nSPS) is 18.0. The molecule has 0 aliphatic carbocycles. The van der Waals surface area contributed by atoms with Crippen LogP contribution in [-0.2, 0) is 11.2 Å². The molecule has 39 heavy (non-hydrogen) atoms. The van der Waals surface area contributed by atoms with Gasteiger partial charge in [0.15, 0.2) is 0 Å². The highest BCUT2D eigenvalue weighted by Gasteiger charge is 2.40. The molecule has 0 saturated carbocycles. The van der Waals surface area contributed by atoms with Crippen molar-refractivity contribution in [2.24, 2.45) is 0 Å². The third-order valence-electron chi connectivity index (χ3n) is 7.69. The second kappa shape index (κ2) is 14.0. The lowest BCUT2D eigenvalue weighted by molar-refractivity contribution is -0.0397. The predicted molar refractivity (Wildman–Crippen MR) is 157 cm³/mol. The van der Waals surface area contributed by atoms with Gasteiger partial charge in [0.05, 0.1) is 5.52 Å². The molecule has 0 spiro atoms. The van der Waals surface area contributed by atoms with Gasteiger partial charge in [-0.2, -0.15) is 5.26 Å². The lowest BCUT2D eigenvalue weighted by atomic mass is 10.0. The molecule has 4 rings (SSSR count). The first kappa shape index (κ1) is 29.1. The van der Waals surface area contributed by atoms with E-state index < -0.39 is 0 Å². The molecular formula is C33H45N3O3. The van der Waals surface area contributed by atoms with Crippen LogP contribution in [-0.4, -0.2) is 46.4 Å². The molecule has 2 aromatic carbocycles. The Hall–Kier alpha value is -2.85. The topological polar surface area (TPSA) is 81.5 Å². The van der Waals surface area contributed by atoms with Crippen LogP contribution < -0.4 is 4.74 Å². The lowest BCUT2D eigenvalue weighted by Crippen LogP contribution is -2.42. The van der Waals surface area contributed by atoms with Crippen molar-refractivity contribution in [3.8, 4) is 11.8 Å². The van der Waals surface area contributed by atoms with Crippen LogP contribution in [0.15, 0.2) is 48.5 Å². The second-order valence-corrected chi connectivity index (χ2v) is 11.8. The van der Waals surface area contributed by atoms with Gasteiger partial charge in [0.2, 0.25) is 0 Å². The largest absolute Gasteiger partial charge is 0.490 e. The Kier molecular flexibility index (Phi) is 10.4. The van der Waals surface area contributed by atoms with Gasteiger partial charge in [0, 0.05) is 24.1 Å². The summed E-state index contributed by atoms with van der Waals surface area (Å²) in [6.45, 7) is 8.22. The van der Waals surface area contributed by atoms with E-state index >= 15 is 0 Å². The Balaban J connectivity index is 1.36. The van der Waals surface area contributed by atoms with Crippen LogP contribution in [0.1, 0.15) is 95.2 Å². The van der Waals surface area contributed by atoms with E-state index in [-0.39, 0.29) is 17.9 Å². The molecule has 6 heteroatoms. The molecule has 0 bridgehead atoms. The molecule has 0 amide bonds. The molecular weight excluding hydrogens is 486 g/mol. The molecule has 1 aliphatic rings. The number of H-pyrrole nitrogens is 1. The minimum Gasteiger partial charge on any atom is -0.490 e. The fraction of sp³-hybridized carbons (Fsp3) is 0.545. The first-order valence-electron chi connectivity index (χ1n) is 14.7. The number of aromatic nitrogens is 1. The van der Waals surface area contributed by atoms with Crippen molar-refractivity contribution in [2.75, 3.05) is 19.8 Å². The highest BCUT2D eigenvalue weighted by atomic mass is 16.6. The first-order chi connectivity index (χ1) is 18.9. The fourth-order valence-corrected chi connectivity index (χ4v) is 5.52. The molecule has 3 aromatic rings. The van der Waals surface area contributed by atoms with E-state index in [1.165, 1.54) is 37.7 Å². The zero-order chi connectivity index (χ0) is 27.7. The maximum atomic E-state index is 9.55. The highest BCUT2D eigenvalue weighted by Crippen LogP contribution is 2.37. The van der Waals surface area contributed by atoms with Crippen molar-refractivity contribution in [3.63, 3.8) is 0 Å². The van der Waals surface area contributed by atoms with Gasteiger partial charge in [0.1, 0.15) is 36.5 Å². The summed E-state index contributed by atoms with van der Waals surface area (Å²) in [6, 6.07) is 18.8. The van der Waals surface area contributed by atoms with Crippen LogP contribution in [0.25, 0.3) is 10.9 Å². The number of aryl methyl sites for hydroxylation is 1. The molecule has 1 saturated heterocycles. The zero-order valence-electron chi connectivity index (χ0n) is 23.9. The van der Waals surface area contributed by atoms with Gasteiger partial charge in [-0.15, -0.1) is 0 Å². The number of benzene rings is 2. The monoisotopic (exact) mass is 531 g/mol. The van der Waals surface area contributed by atoms with Gasteiger partial charge < -0.3 is 19.6 Å². The first-order valence-corrected chi connectivity index (χ1v) is 14.7. The van der Waals surface area contributed by atoms with E-state index in [1.54, 1.807) is 0 Å². The number of hydrogen-bond acceptors (Lipinski definition) is 5. The maximum absolute atomic E-state index is 9.55. The Morgan fingerprint density at radius 1 is 1.00 bits per heavy atom. The summed E-state index contributed by atoms with van der Waals surface area (Å²) in [5.41, 5.74) is 3.94. The van der Waals surface area contributed by atoms with Crippen molar-refractivity contribution in [1.82, 2.24) is 9.88 Å². The molecule has 0 radical (unpaired) electrons. The summed E-state index contributed by atoms with van der Waals surface area (Å²) in [5.74, 6) is 0.795. The number of aliphatic hydroxyl groups is 1. The maximum Gasteiger partial charge on any atom is 0.137 e. The van der Waals surface area contributed by atoms with Crippen molar-refractivity contribution in [2.45, 2.75) is 96.4 Å². The Labute approximate surface area is 233 Å². The van der Waals surface area contributed by atoms with Crippen molar-refractivity contribution in [1.29, 1.82) is 5.26 Å². The van der Waals surface area contributed by atoms with E-state index in [2.05, 4.69) is 73.1 Å². The summed E-state index contributed by atoms with van der Waals surface area (Å²) >= 11 is 0. The van der Waals surface area contributed by atoms with Gasteiger partial charge in [-0.3, -0.25) is 4.90 Å². The molecule has 1 fully saturated rings. The average Bonchev–Trinajstić information content (AvgIpc) is 3.57. The summed E-state index contributed by atoms with van der Waals surface area (Å²) in [4.78, 5) is 5.71. The standard InChI is InChI=1S/C33H45N3O3/c1-33(2,3)36-23-28(39-32(36)26-16-12-10-13-17-26)24-38-30-19-18-25(31-29(30)21-27(22-34)35-31)15-11-8-6-4-5-7-9-14-20-37/h10,12-13,16-19,21,28,32,35,37H,4-9,11,14-15,20,23-24H2,1-3H3/t28-,32?/m0/s1.